The van der Waals surface area contributed by atoms with Crippen LogP contribution in [0.3, 0.4) is 0 Å². The number of carbonyl (C=O) groups excluding carboxylic acids is 1. The first-order valence-corrected chi connectivity index (χ1v) is 8.28. The quantitative estimate of drug-likeness (QED) is 0.938. The number of rotatable bonds is 4. The molecule has 1 aliphatic rings. The molecule has 1 N–H and O–H groups in total. The molecule has 3 rings (SSSR count). The average molecular weight is 325 g/mol. The minimum Gasteiger partial charge on any atom is -0.497 e. The maximum atomic E-state index is 12.6. The van der Waals surface area contributed by atoms with Crippen LogP contribution in [0.25, 0.3) is 0 Å². The summed E-state index contributed by atoms with van der Waals surface area (Å²) in [6, 6.07) is 11.9. The second kappa shape index (κ2) is 7.34. The van der Waals surface area contributed by atoms with Gasteiger partial charge in [-0.25, -0.2) is 0 Å². The lowest BCUT2D eigenvalue weighted by atomic mass is 10.0. The molecule has 1 atom stereocenters. The normalized spacial score (nSPS) is 17.4. The largest absolute Gasteiger partial charge is 0.497 e. The Hall–Kier alpha value is -2.56. The topological polar surface area (TPSA) is 54.5 Å². The van der Waals surface area contributed by atoms with E-state index < -0.39 is 0 Å². The molecule has 0 radical (unpaired) electrons. The lowest BCUT2D eigenvalue weighted by molar-refractivity contribution is 0.0714. The van der Waals surface area contributed by atoms with Gasteiger partial charge in [0.25, 0.3) is 5.91 Å². The number of hydrogen-bond donors (Lipinski definition) is 1. The fourth-order valence-electron chi connectivity index (χ4n) is 2.98. The molecule has 0 saturated carbocycles. The van der Waals surface area contributed by atoms with Gasteiger partial charge >= 0.3 is 0 Å². The van der Waals surface area contributed by atoms with Gasteiger partial charge in [-0.1, -0.05) is 0 Å². The van der Waals surface area contributed by atoms with Gasteiger partial charge in [-0.05, 0) is 56.2 Å². The number of likely N-dealkylation sites (tertiary alicyclic amines) is 1. The zero-order valence-electron chi connectivity index (χ0n) is 14.2. The first kappa shape index (κ1) is 16.3. The van der Waals surface area contributed by atoms with Gasteiger partial charge in [0.2, 0.25) is 0 Å². The van der Waals surface area contributed by atoms with Gasteiger partial charge in [0.05, 0.1) is 12.7 Å². The van der Waals surface area contributed by atoms with Crippen molar-refractivity contribution in [2.24, 2.45) is 0 Å². The standard InChI is InChI=1S/C19H23N3O2/c1-14-5-6-15(12-20-14)19(23)22-11-3-4-17(13-22)21-16-7-9-18(24-2)10-8-16/h5-10,12,17,21H,3-4,11,13H2,1-2H3/t17-/m0/s1. The van der Waals surface area contributed by atoms with Gasteiger partial charge in [0.1, 0.15) is 5.75 Å². The van der Waals surface area contributed by atoms with Crippen molar-refractivity contribution < 1.29 is 9.53 Å². The number of carbonyl (C=O) groups is 1. The van der Waals surface area contributed by atoms with Crippen LogP contribution in [0.4, 0.5) is 5.69 Å². The van der Waals surface area contributed by atoms with E-state index in [0.29, 0.717) is 12.1 Å². The highest BCUT2D eigenvalue weighted by atomic mass is 16.5. The van der Waals surface area contributed by atoms with Gasteiger partial charge in [-0.15, -0.1) is 0 Å². The van der Waals surface area contributed by atoms with E-state index in [1.165, 1.54) is 0 Å². The van der Waals surface area contributed by atoms with Gasteiger partial charge in [0, 0.05) is 36.7 Å². The highest BCUT2D eigenvalue weighted by molar-refractivity contribution is 5.94. The number of aryl methyl sites for hydroxylation is 1. The van der Waals surface area contributed by atoms with E-state index in [-0.39, 0.29) is 11.9 Å². The third kappa shape index (κ3) is 3.85. The van der Waals surface area contributed by atoms with E-state index in [2.05, 4.69) is 10.3 Å². The predicted molar refractivity (Wildman–Crippen MR) is 94.5 cm³/mol. The third-order valence-corrected chi connectivity index (χ3v) is 4.33. The van der Waals surface area contributed by atoms with Crippen molar-refractivity contribution in [2.75, 3.05) is 25.5 Å². The van der Waals surface area contributed by atoms with E-state index in [0.717, 1.165) is 36.5 Å². The van der Waals surface area contributed by atoms with Crippen molar-refractivity contribution in [1.29, 1.82) is 0 Å². The zero-order valence-corrected chi connectivity index (χ0v) is 14.2. The number of anilines is 1. The molecule has 5 heteroatoms. The van der Waals surface area contributed by atoms with Crippen molar-refractivity contribution >= 4 is 11.6 Å². The summed E-state index contributed by atoms with van der Waals surface area (Å²) >= 11 is 0. The summed E-state index contributed by atoms with van der Waals surface area (Å²) in [6.45, 7) is 3.43. The third-order valence-electron chi connectivity index (χ3n) is 4.33. The number of piperidine rings is 1. The molecule has 0 unspecified atom stereocenters. The maximum Gasteiger partial charge on any atom is 0.255 e. The van der Waals surface area contributed by atoms with Gasteiger partial charge in [0.15, 0.2) is 0 Å². The molecule has 0 bridgehead atoms. The molecule has 24 heavy (non-hydrogen) atoms. The molecule has 0 aliphatic carbocycles. The predicted octanol–water partition coefficient (Wildman–Crippen LogP) is 3.12. The van der Waals surface area contributed by atoms with Crippen LogP contribution in [0.1, 0.15) is 28.9 Å². The molecular weight excluding hydrogens is 302 g/mol. The molecular formula is C19H23N3O2. The molecule has 1 amide bonds. The summed E-state index contributed by atoms with van der Waals surface area (Å²) in [4.78, 5) is 18.8. The molecule has 1 saturated heterocycles. The number of nitrogens with zero attached hydrogens (tertiary/aromatic N) is 2. The first-order chi connectivity index (χ1) is 11.7. The van der Waals surface area contributed by atoms with Crippen molar-refractivity contribution in [3.63, 3.8) is 0 Å². The second-order valence-electron chi connectivity index (χ2n) is 6.15. The van der Waals surface area contributed by atoms with E-state index in [1.807, 2.05) is 48.2 Å². The summed E-state index contributed by atoms with van der Waals surface area (Å²) in [5.74, 6) is 0.900. The average Bonchev–Trinajstić information content (AvgIpc) is 2.63. The Morgan fingerprint density at radius 3 is 2.71 bits per heavy atom. The second-order valence-corrected chi connectivity index (χ2v) is 6.15. The summed E-state index contributed by atoms with van der Waals surface area (Å²) in [5.41, 5.74) is 2.63. The van der Waals surface area contributed by atoms with Crippen LogP contribution < -0.4 is 10.1 Å². The molecule has 2 heterocycles. The van der Waals surface area contributed by atoms with Crippen molar-refractivity contribution in [1.82, 2.24) is 9.88 Å². The van der Waals surface area contributed by atoms with Gasteiger partial charge < -0.3 is 15.0 Å². The van der Waals surface area contributed by atoms with Crippen LogP contribution in [-0.4, -0.2) is 42.0 Å². The van der Waals surface area contributed by atoms with E-state index in [4.69, 9.17) is 4.74 Å². The number of benzene rings is 1. The minimum absolute atomic E-state index is 0.0590. The lowest BCUT2D eigenvalue weighted by Gasteiger charge is -2.33. The summed E-state index contributed by atoms with van der Waals surface area (Å²) in [6.07, 6.45) is 3.72. The Kier molecular flexibility index (Phi) is 4.99. The Morgan fingerprint density at radius 2 is 2.04 bits per heavy atom. The summed E-state index contributed by atoms with van der Waals surface area (Å²) in [7, 11) is 1.66. The Labute approximate surface area is 142 Å². The highest BCUT2D eigenvalue weighted by Gasteiger charge is 2.24. The van der Waals surface area contributed by atoms with Crippen molar-refractivity contribution in [2.45, 2.75) is 25.8 Å². The number of methoxy groups -OCH3 is 1. The SMILES string of the molecule is COc1ccc(N[C@H]2CCCN(C(=O)c3ccc(C)nc3)C2)cc1. The van der Waals surface area contributed by atoms with Crippen molar-refractivity contribution in [3.8, 4) is 5.75 Å². The molecule has 5 nitrogen and oxygen atoms in total. The fraction of sp³-hybridized carbons (Fsp3) is 0.368. The number of aromatic nitrogens is 1. The van der Waals surface area contributed by atoms with Crippen molar-refractivity contribution in [3.05, 3.63) is 53.9 Å². The molecule has 0 spiro atoms. The monoisotopic (exact) mass is 325 g/mol. The van der Waals surface area contributed by atoms with E-state index in [1.54, 1.807) is 13.3 Å². The number of ether oxygens (including phenoxy) is 1. The van der Waals surface area contributed by atoms with E-state index in [9.17, 15) is 4.79 Å². The van der Waals surface area contributed by atoms with E-state index >= 15 is 0 Å². The smallest absolute Gasteiger partial charge is 0.255 e. The van der Waals surface area contributed by atoms with Crippen LogP contribution >= 0.6 is 0 Å². The first-order valence-electron chi connectivity index (χ1n) is 8.28. The maximum absolute atomic E-state index is 12.6. The Bertz CT molecular complexity index is 683. The molecule has 2 aromatic rings. The van der Waals surface area contributed by atoms with Gasteiger partial charge in [-0.2, -0.15) is 0 Å². The number of amides is 1. The molecule has 126 valence electrons. The van der Waals surface area contributed by atoms with Crippen LogP contribution in [0.5, 0.6) is 5.75 Å². The van der Waals surface area contributed by atoms with Crippen LogP contribution in [0.15, 0.2) is 42.6 Å². The number of nitrogens with one attached hydrogen (secondary N) is 1. The Morgan fingerprint density at radius 1 is 1.25 bits per heavy atom. The van der Waals surface area contributed by atoms with Crippen LogP contribution in [0.2, 0.25) is 0 Å². The molecule has 1 aromatic heterocycles. The zero-order chi connectivity index (χ0) is 16.9. The summed E-state index contributed by atoms with van der Waals surface area (Å²) in [5, 5.41) is 3.51. The fourth-order valence-corrected chi connectivity index (χ4v) is 2.98. The molecule has 1 aromatic carbocycles. The molecule has 1 aliphatic heterocycles. The Balaban J connectivity index is 1.63. The highest BCUT2D eigenvalue weighted by Crippen LogP contribution is 2.20. The minimum atomic E-state index is 0.0590. The number of pyridine rings is 1. The number of hydrogen-bond acceptors (Lipinski definition) is 4. The van der Waals surface area contributed by atoms with Gasteiger partial charge in [-0.3, -0.25) is 9.78 Å². The van der Waals surface area contributed by atoms with Crippen LogP contribution in [0, 0.1) is 6.92 Å². The van der Waals surface area contributed by atoms with Crippen LogP contribution in [-0.2, 0) is 0 Å². The summed E-state index contributed by atoms with van der Waals surface area (Å²) < 4.78 is 5.18. The molecule has 1 fully saturated rings. The lowest BCUT2D eigenvalue weighted by Crippen LogP contribution is -2.45.